The fourth-order valence-electron chi connectivity index (χ4n) is 0.736. The summed E-state index contributed by atoms with van der Waals surface area (Å²) in [7, 11) is 0. The smallest absolute Gasteiger partial charge is 0.136 e. The Morgan fingerprint density at radius 2 is 2.46 bits per heavy atom. The highest BCUT2D eigenvalue weighted by Gasteiger charge is 1.96. The van der Waals surface area contributed by atoms with Gasteiger partial charge in [0, 0.05) is 6.20 Å². The highest BCUT2D eigenvalue weighted by Crippen LogP contribution is 2.13. The number of pyridine rings is 1. The SMILES string of the molecule is Nc1cc(Cl)cnc1C#CCC=O. The largest absolute Gasteiger partial charge is 0.396 e. The van der Waals surface area contributed by atoms with Gasteiger partial charge in [0.1, 0.15) is 12.0 Å². The van der Waals surface area contributed by atoms with E-state index in [0.717, 1.165) is 6.29 Å². The van der Waals surface area contributed by atoms with Crippen LogP contribution in [0, 0.1) is 11.8 Å². The molecule has 1 aromatic heterocycles. The van der Waals surface area contributed by atoms with Crippen LogP contribution in [-0.4, -0.2) is 11.3 Å². The van der Waals surface area contributed by atoms with Gasteiger partial charge in [0.2, 0.25) is 0 Å². The van der Waals surface area contributed by atoms with Crippen molar-refractivity contribution in [2.24, 2.45) is 0 Å². The van der Waals surface area contributed by atoms with Crippen molar-refractivity contribution in [1.82, 2.24) is 4.98 Å². The number of halogens is 1. The molecule has 0 aliphatic heterocycles. The lowest BCUT2D eigenvalue weighted by atomic mass is 10.3. The maximum Gasteiger partial charge on any atom is 0.136 e. The molecule has 4 heteroatoms. The second-order valence-corrected chi connectivity index (χ2v) is 2.70. The Morgan fingerprint density at radius 1 is 1.69 bits per heavy atom. The average molecular weight is 195 g/mol. The standard InChI is InChI=1S/C9H7ClN2O/c10-7-5-8(11)9(12-6-7)3-1-2-4-13/h4-6H,2,11H2. The molecule has 1 heterocycles. The summed E-state index contributed by atoms with van der Waals surface area (Å²) in [6.07, 6.45) is 2.37. The van der Waals surface area contributed by atoms with Gasteiger partial charge >= 0.3 is 0 Å². The van der Waals surface area contributed by atoms with Crippen LogP contribution in [0.5, 0.6) is 0 Å². The van der Waals surface area contributed by atoms with E-state index in [9.17, 15) is 4.79 Å². The van der Waals surface area contributed by atoms with Crippen molar-refractivity contribution in [3.63, 3.8) is 0 Å². The molecule has 0 fully saturated rings. The topological polar surface area (TPSA) is 56.0 Å². The zero-order valence-corrected chi connectivity index (χ0v) is 7.51. The maximum absolute atomic E-state index is 9.96. The van der Waals surface area contributed by atoms with E-state index in [2.05, 4.69) is 16.8 Å². The molecule has 66 valence electrons. The number of nitrogen functional groups attached to an aromatic ring is 1. The summed E-state index contributed by atoms with van der Waals surface area (Å²) in [5.74, 6) is 5.27. The molecule has 0 bridgehead atoms. The molecular formula is C9H7ClN2O. The average Bonchev–Trinajstić information content (AvgIpc) is 2.09. The predicted molar refractivity (Wildman–Crippen MR) is 51.2 cm³/mol. The normalized spacial score (nSPS) is 8.69. The van der Waals surface area contributed by atoms with Crippen LogP contribution >= 0.6 is 11.6 Å². The number of aromatic nitrogens is 1. The molecule has 3 nitrogen and oxygen atoms in total. The molecule has 0 aromatic carbocycles. The summed E-state index contributed by atoms with van der Waals surface area (Å²) in [6.45, 7) is 0. The van der Waals surface area contributed by atoms with Gasteiger partial charge in [0.25, 0.3) is 0 Å². The molecule has 0 unspecified atom stereocenters. The van der Waals surface area contributed by atoms with Gasteiger partial charge in [-0.2, -0.15) is 0 Å². The molecule has 0 saturated heterocycles. The zero-order valence-electron chi connectivity index (χ0n) is 6.75. The molecule has 0 spiro atoms. The third kappa shape index (κ3) is 2.77. The lowest BCUT2D eigenvalue weighted by Gasteiger charge is -1.96. The highest BCUT2D eigenvalue weighted by molar-refractivity contribution is 6.30. The lowest BCUT2D eigenvalue weighted by Crippen LogP contribution is -1.92. The molecule has 0 saturated carbocycles. The van der Waals surface area contributed by atoms with Crippen LogP contribution in [0.25, 0.3) is 0 Å². The quantitative estimate of drug-likeness (QED) is 0.541. The van der Waals surface area contributed by atoms with Gasteiger partial charge in [0.05, 0.1) is 17.1 Å². The summed E-state index contributed by atoms with van der Waals surface area (Å²) < 4.78 is 0. The van der Waals surface area contributed by atoms with E-state index in [1.807, 2.05) is 0 Å². The number of carbonyl (C=O) groups excluding carboxylic acids is 1. The first-order valence-corrected chi connectivity index (χ1v) is 3.95. The molecule has 0 radical (unpaired) electrons. The van der Waals surface area contributed by atoms with Crippen LogP contribution in [0.15, 0.2) is 12.3 Å². The number of hydrogen-bond donors (Lipinski definition) is 1. The Hall–Kier alpha value is -1.53. The van der Waals surface area contributed by atoms with Gasteiger partial charge < -0.3 is 10.5 Å². The molecule has 0 aliphatic rings. The maximum atomic E-state index is 9.96. The first kappa shape index (κ1) is 9.56. The minimum Gasteiger partial charge on any atom is -0.396 e. The summed E-state index contributed by atoms with van der Waals surface area (Å²) in [4.78, 5) is 13.9. The Kier molecular flexibility index (Phi) is 3.30. The second-order valence-electron chi connectivity index (χ2n) is 2.26. The molecule has 0 aliphatic carbocycles. The molecular weight excluding hydrogens is 188 g/mol. The fraction of sp³-hybridized carbons (Fsp3) is 0.111. The molecule has 1 rings (SSSR count). The van der Waals surface area contributed by atoms with E-state index in [-0.39, 0.29) is 6.42 Å². The van der Waals surface area contributed by atoms with E-state index >= 15 is 0 Å². The van der Waals surface area contributed by atoms with Gasteiger partial charge in [-0.3, -0.25) is 0 Å². The highest BCUT2D eigenvalue weighted by atomic mass is 35.5. The Labute approximate surface area is 80.9 Å². The van der Waals surface area contributed by atoms with E-state index in [1.54, 1.807) is 6.07 Å². The number of carbonyl (C=O) groups is 1. The van der Waals surface area contributed by atoms with Crippen molar-refractivity contribution >= 4 is 23.6 Å². The zero-order chi connectivity index (χ0) is 9.68. The first-order chi connectivity index (χ1) is 6.24. The molecule has 0 amide bonds. The van der Waals surface area contributed by atoms with Crippen LogP contribution in [-0.2, 0) is 4.79 Å². The second kappa shape index (κ2) is 4.48. The third-order valence-electron chi connectivity index (χ3n) is 1.28. The van der Waals surface area contributed by atoms with Crippen molar-refractivity contribution in [2.45, 2.75) is 6.42 Å². The van der Waals surface area contributed by atoms with E-state index in [1.165, 1.54) is 6.20 Å². The summed E-state index contributed by atoms with van der Waals surface area (Å²) in [6, 6.07) is 1.57. The van der Waals surface area contributed by atoms with Gasteiger partial charge in [-0.05, 0) is 12.0 Å². The lowest BCUT2D eigenvalue weighted by molar-refractivity contribution is -0.107. The number of nitrogens with two attached hydrogens (primary N) is 1. The van der Waals surface area contributed by atoms with Gasteiger partial charge in [-0.15, -0.1) is 0 Å². The number of nitrogens with zero attached hydrogens (tertiary/aromatic N) is 1. The van der Waals surface area contributed by atoms with Crippen LogP contribution in [0.3, 0.4) is 0 Å². The number of rotatable bonds is 1. The van der Waals surface area contributed by atoms with Crippen molar-refractivity contribution in [3.8, 4) is 11.8 Å². The van der Waals surface area contributed by atoms with E-state index in [4.69, 9.17) is 17.3 Å². The minimum absolute atomic E-state index is 0.184. The van der Waals surface area contributed by atoms with Gasteiger partial charge in [-0.1, -0.05) is 17.5 Å². The van der Waals surface area contributed by atoms with Gasteiger partial charge in [-0.25, -0.2) is 4.98 Å². The van der Waals surface area contributed by atoms with E-state index < -0.39 is 0 Å². The summed E-state index contributed by atoms with van der Waals surface area (Å²) in [5.41, 5.74) is 6.44. The predicted octanol–water partition coefficient (Wildman–Crippen LogP) is 1.26. The molecule has 0 atom stereocenters. The van der Waals surface area contributed by atoms with Crippen molar-refractivity contribution in [1.29, 1.82) is 0 Å². The van der Waals surface area contributed by atoms with Crippen molar-refractivity contribution < 1.29 is 4.79 Å². The Morgan fingerprint density at radius 3 is 3.08 bits per heavy atom. The molecule has 13 heavy (non-hydrogen) atoms. The minimum atomic E-state index is 0.184. The Balaban J connectivity index is 2.91. The Bertz CT molecular complexity index is 379. The van der Waals surface area contributed by atoms with Crippen LogP contribution in [0.2, 0.25) is 5.02 Å². The van der Waals surface area contributed by atoms with E-state index in [0.29, 0.717) is 16.4 Å². The van der Waals surface area contributed by atoms with Crippen LogP contribution < -0.4 is 5.73 Å². The summed E-state index contributed by atoms with van der Waals surface area (Å²) in [5, 5.41) is 0.471. The number of aldehydes is 1. The van der Waals surface area contributed by atoms with Crippen molar-refractivity contribution in [2.75, 3.05) is 5.73 Å². The first-order valence-electron chi connectivity index (χ1n) is 3.57. The summed E-state index contributed by atoms with van der Waals surface area (Å²) >= 11 is 5.63. The van der Waals surface area contributed by atoms with Crippen LogP contribution in [0.1, 0.15) is 12.1 Å². The van der Waals surface area contributed by atoms with Crippen molar-refractivity contribution in [3.05, 3.63) is 23.0 Å². The monoisotopic (exact) mass is 194 g/mol. The van der Waals surface area contributed by atoms with Gasteiger partial charge in [0.15, 0.2) is 0 Å². The fourth-order valence-corrected chi connectivity index (χ4v) is 0.902. The van der Waals surface area contributed by atoms with Crippen LogP contribution in [0.4, 0.5) is 5.69 Å². The number of hydrogen-bond acceptors (Lipinski definition) is 3. The molecule has 1 aromatic rings. The third-order valence-corrected chi connectivity index (χ3v) is 1.48. The number of anilines is 1. The molecule has 2 N–H and O–H groups in total.